The van der Waals surface area contributed by atoms with Gasteiger partial charge in [-0.2, -0.15) is 9.29 Å². The summed E-state index contributed by atoms with van der Waals surface area (Å²) in [5.41, 5.74) is 2.90. The zero-order valence-electron chi connectivity index (χ0n) is 18.8. The van der Waals surface area contributed by atoms with Gasteiger partial charge in [0.25, 0.3) is 0 Å². The van der Waals surface area contributed by atoms with Gasteiger partial charge in [0.05, 0.1) is 18.6 Å². The standard InChI is InChI=1S/C23H29N3O4S/c1-7-16-14-19(12-13-20(16)29-6)31(27,28)26(5)15-21-24-22(25-30-21)17-8-10-18(11-9-17)23(2,3)4/h8-14H,7,15H2,1-6H3. The number of rotatable bonds is 7. The molecule has 0 aliphatic carbocycles. The van der Waals surface area contributed by atoms with Crippen LogP contribution in [0.1, 0.15) is 44.7 Å². The number of nitrogens with zero attached hydrogens (tertiary/aromatic N) is 3. The minimum absolute atomic E-state index is 0.0249. The average Bonchev–Trinajstić information content (AvgIpc) is 3.21. The molecule has 0 unspecified atom stereocenters. The lowest BCUT2D eigenvalue weighted by atomic mass is 9.87. The van der Waals surface area contributed by atoms with Gasteiger partial charge in [0.2, 0.25) is 21.7 Å². The summed E-state index contributed by atoms with van der Waals surface area (Å²) in [6, 6.07) is 12.8. The molecular formula is C23H29N3O4S. The molecule has 0 radical (unpaired) electrons. The molecule has 7 nitrogen and oxygen atoms in total. The first kappa shape index (κ1) is 23.0. The third kappa shape index (κ3) is 4.97. The Morgan fingerprint density at radius 2 is 1.77 bits per heavy atom. The van der Waals surface area contributed by atoms with Gasteiger partial charge < -0.3 is 9.26 Å². The molecule has 0 atom stereocenters. The van der Waals surface area contributed by atoms with E-state index in [4.69, 9.17) is 9.26 Å². The van der Waals surface area contributed by atoms with Gasteiger partial charge in [-0.3, -0.25) is 0 Å². The number of hydrogen-bond acceptors (Lipinski definition) is 6. The van der Waals surface area contributed by atoms with Crippen LogP contribution in [0.2, 0.25) is 0 Å². The topological polar surface area (TPSA) is 85.5 Å². The molecule has 0 aliphatic rings. The highest BCUT2D eigenvalue weighted by molar-refractivity contribution is 7.89. The zero-order chi connectivity index (χ0) is 22.8. The molecule has 0 aliphatic heterocycles. The van der Waals surface area contributed by atoms with E-state index in [1.165, 1.54) is 16.9 Å². The molecular weight excluding hydrogens is 414 g/mol. The van der Waals surface area contributed by atoms with E-state index in [2.05, 4.69) is 30.9 Å². The third-order valence-corrected chi connectivity index (χ3v) is 6.98. The van der Waals surface area contributed by atoms with E-state index >= 15 is 0 Å². The summed E-state index contributed by atoms with van der Waals surface area (Å²) < 4.78 is 37.8. The van der Waals surface area contributed by atoms with E-state index in [-0.39, 0.29) is 22.7 Å². The molecule has 3 rings (SSSR count). The van der Waals surface area contributed by atoms with E-state index in [1.807, 2.05) is 31.2 Å². The monoisotopic (exact) mass is 443 g/mol. The van der Waals surface area contributed by atoms with Crippen molar-refractivity contribution in [1.29, 1.82) is 0 Å². The second kappa shape index (κ2) is 8.80. The van der Waals surface area contributed by atoms with Crippen LogP contribution in [0, 0.1) is 0 Å². The number of sulfonamides is 1. The second-order valence-electron chi connectivity index (χ2n) is 8.43. The molecule has 3 aromatic rings. The van der Waals surface area contributed by atoms with Crippen LogP contribution in [0.25, 0.3) is 11.4 Å². The Bertz CT molecular complexity index is 1150. The fraction of sp³-hybridized carbons (Fsp3) is 0.391. The first-order valence-corrected chi connectivity index (χ1v) is 11.6. The van der Waals surface area contributed by atoms with Crippen molar-refractivity contribution in [2.24, 2.45) is 0 Å². The lowest BCUT2D eigenvalue weighted by Gasteiger charge is -2.18. The van der Waals surface area contributed by atoms with Crippen molar-refractivity contribution in [3.63, 3.8) is 0 Å². The Kier molecular flexibility index (Phi) is 6.52. The van der Waals surface area contributed by atoms with Gasteiger partial charge in [0, 0.05) is 12.6 Å². The quantitative estimate of drug-likeness (QED) is 0.537. The van der Waals surface area contributed by atoms with Crippen molar-refractivity contribution in [2.45, 2.75) is 51.0 Å². The lowest BCUT2D eigenvalue weighted by molar-refractivity contribution is 0.336. The molecule has 1 heterocycles. The number of aryl methyl sites for hydroxylation is 1. The molecule has 0 amide bonds. The van der Waals surface area contributed by atoms with E-state index in [1.54, 1.807) is 25.3 Å². The number of methoxy groups -OCH3 is 1. The highest BCUT2D eigenvalue weighted by atomic mass is 32.2. The van der Waals surface area contributed by atoms with Crippen molar-refractivity contribution in [2.75, 3.05) is 14.2 Å². The lowest BCUT2D eigenvalue weighted by Crippen LogP contribution is -2.26. The maximum Gasteiger partial charge on any atom is 0.243 e. The second-order valence-corrected chi connectivity index (χ2v) is 10.5. The Balaban J connectivity index is 1.78. The number of aromatic nitrogens is 2. The van der Waals surface area contributed by atoms with Gasteiger partial charge in [-0.05, 0) is 41.2 Å². The normalized spacial score (nSPS) is 12.4. The molecule has 0 bridgehead atoms. The Morgan fingerprint density at radius 3 is 2.35 bits per heavy atom. The fourth-order valence-corrected chi connectivity index (χ4v) is 4.37. The Hall–Kier alpha value is -2.71. The summed E-state index contributed by atoms with van der Waals surface area (Å²) in [6.45, 7) is 8.37. The van der Waals surface area contributed by atoms with Gasteiger partial charge in [-0.15, -0.1) is 0 Å². The first-order valence-electron chi connectivity index (χ1n) is 10.1. The zero-order valence-corrected chi connectivity index (χ0v) is 19.7. The molecule has 0 fully saturated rings. The maximum absolute atomic E-state index is 13.0. The van der Waals surface area contributed by atoms with Crippen molar-refractivity contribution in [3.05, 3.63) is 59.5 Å². The summed E-state index contributed by atoms with van der Waals surface area (Å²) in [7, 11) is -0.661. The van der Waals surface area contributed by atoms with Crippen LogP contribution in [0.4, 0.5) is 0 Å². The van der Waals surface area contributed by atoms with Crippen LogP contribution >= 0.6 is 0 Å². The highest BCUT2D eigenvalue weighted by Gasteiger charge is 2.24. The predicted octanol–water partition coefficient (Wildman–Crippen LogP) is 4.43. The van der Waals surface area contributed by atoms with Crippen LogP contribution in [0.3, 0.4) is 0 Å². The molecule has 31 heavy (non-hydrogen) atoms. The molecule has 0 N–H and O–H groups in total. The van der Waals surface area contributed by atoms with Crippen molar-refractivity contribution < 1.29 is 17.7 Å². The predicted molar refractivity (Wildman–Crippen MR) is 119 cm³/mol. The van der Waals surface area contributed by atoms with Crippen LogP contribution in [0.15, 0.2) is 51.9 Å². The SMILES string of the molecule is CCc1cc(S(=O)(=O)N(C)Cc2nc(-c3ccc(C(C)(C)C)cc3)no2)ccc1OC. The third-order valence-electron chi connectivity index (χ3n) is 5.18. The maximum atomic E-state index is 13.0. The highest BCUT2D eigenvalue weighted by Crippen LogP contribution is 2.27. The van der Waals surface area contributed by atoms with E-state index in [9.17, 15) is 8.42 Å². The average molecular weight is 444 g/mol. The van der Waals surface area contributed by atoms with Crippen LogP contribution in [0.5, 0.6) is 5.75 Å². The largest absolute Gasteiger partial charge is 0.496 e. The van der Waals surface area contributed by atoms with E-state index in [0.717, 1.165) is 11.1 Å². The summed E-state index contributed by atoms with van der Waals surface area (Å²) in [5.74, 6) is 1.33. The van der Waals surface area contributed by atoms with Gasteiger partial charge in [-0.25, -0.2) is 8.42 Å². The molecule has 0 saturated carbocycles. The fourth-order valence-electron chi connectivity index (χ4n) is 3.20. The molecule has 1 aromatic heterocycles. The van der Waals surface area contributed by atoms with Crippen LogP contribution < -0.4 is 4.74 Å². The van der Waals surface area contributed by atoms with Gasteiger partial charge in [0.15, 0.2) is 0 Å². The summed E-state index contributed by atoms with van der Waals surface area (Å²) in [5, 5.41) is 4.01. The van der Waals surface area contributed by atoms with Gasteiger partial charge in [-0.1, -0.05) is 57.1 Å². The van der Waals surface area contributed by atoms with E-state index < -0.39 is 10.0 Å². The smallest absolute Gasteiger partial charge is 0.243 e. The summed E-state index contributed by atoms with van der Waals surface area (Å²) in [6.07, 6.45) is 0.664. The van der Waals surface area contributed by atoms with Crippen molar-refractivity contribution in [3.8, 4) is 17.1 Å². The molecule has 166 valence electrons. The van der Waals surface area contributed by atoms with Gasteiger partial charge >= 0.3 is 0 Å². The summed E-state index contributed by atoms with van der Waals surface area (Å²) in [4.78, 5) is 4.58. The molecule has 8 heteroatoms. The van der Waals surface area contributed by atoms with E-state index in [0.29, 0.717) is 18.0 Å². The summed E-state index contributed by atoms with van der Waals surface area (Å²) >= 11 is 0. The Labute approximate surface area is 184 Å². The Morgan fingerprint density at radius 1 is 1.10 bits per heavy atom. The number of ether oxygens (including phenoxy) is 1. The minimum Gasteiger partial charge on any atom is -0.496 e. The molecule has 0 saturated heterocycles. The first-order chi connectivity index (χ1) is 14.6. The minimum atomic E-state index is -3.72. The van der Waals surface area contributed by atoms with Crippen molar-refractivity contribution >= 4 is 10.0 Å². The number of benzene rings is 2. The molecule has 2 aromatic carbocycles. The van der Waals surface area contributed by atoms with Crippen molar-refractivity contribution in [1.82, 2.24) is 14.4 Å². The van der Waals surface area contributed by atoms with Gasteiger partial charge in [0.1, 0.15) is 5.75 Å². The molecule has 0 spiro atoms. The number of hydrogen-bond donors (Lipinski definition) is 0. The van der Waals surface area contributed by atoms with Crippen LogP contribution in [-0.4, -0.2) is 37.0 Å². The van der Waals surface area contributed by atoms with Crippen LogP contribution in [-0.2, 0) is 28.4 Å².